The van der Waals surface area contributed by atoms with Gasteiger partial charge in [-0.25, -0.2) is 0 Å². The first-order chi connectivity index (χ1) is 9.91. The van der Waals surface area contributed by atoms with Crippen LogP contribution in [0.25, 0.3) is 0 Å². The van der Waals surface area contributed by atoms with Gasteiger partial charge >= 0.3 is 0 Å². The Morgan fingerprint density at radius 2 is 1.81 bits per heavy atom. The van der Waals surface area contributed by atoms with Crippen molar-refractivity contribution < 1.29 is 4.74 Å². The summed E-state index contributed by atoms with van der Waals surface area (Å²) in [6, 6.07) is 13.9. The molecule has 0 amide bonds. The number of para-hydroxylation sites is 1. The van der Waals surface area contributed by atoms with E-state index >= 15 is 0 Å². The zero-order chi connectivity index (χ0) is 15.5. The second-order valence-corrected chi connectivity index (χ2v) is 6.54. The highest BCUT2D eigenvalue weighted by molar-refractivity contribution is 6.31. The quantitative estimate of drug-likeness (QED) is 0.843. The maximum Gasteiger partial charge on any atom is 0.131 e. The van der Waals surface area contributed by atoms with Crippen LogP contribution < -0.4 is 10.1 Å². The first-order valence-electron chi connectivity index (χ1n) is 7.12. The van der Waals surface area contributed by atoms with Crippen LogP contribution >= 0.6 is 11.6 Å². The zero-order valence-electron chi connectivity index (χ0n) is 13.0. The van der Waals surface area contributed by atoms with Crippen molar-refractivity contribution in [1.82, 2.24) is 5.32 Å². The Morgan fingerprint density at radius 1 is 1.10 bits per heavy atom. The average Bonchev–Trinajstić information content (AvgIpc) is 2.41. The Morgan fingerprint density at radius 3 is 2.43 bits per heavy atom. The number of rotatable bonds is 4. The summed E-state index contributed by atoms with van der Waals surface area (Å²) in [6.07, 6.45) is 0. The third-order valence-electron chi connectivity index (χ3n) is 3.31. The monoisotopic (exact) mass is 303 g/mol. The lowest BCUT2D eigenvalue weighted by molar-refractivity contribution is 0.455. The molecule has 1 N–H and O–H groups in total. The molecular formula is C18H22ClNO. The normalized spacial score (nSPS) is 11.5. The van der Waals surface area contributed by atoms with Crippen LogP contribution in [0.2, 0.25) is 5.02 Å². The molecule has 2 aromatic rings. The smallest absolute Gasteiger partial charge is 0.131 e. The first kappa shape index (κ1) is 15.9. The Hall–Kier alpha value is -1.51. The van der Waals surface area contributed by atoms with Crippen molar-refractivity contribution in [2.75, 3.05) is 7.05 Å². The molecule has 0 bridgehead atoms. The summed E-state index contributed by atoms with van der Waals surface area (Å²) in [5.41, 5.74) is 2.28. The van der Waals surface area contributed by atoms with Gasteiger partial charge in [-0.05, 0) is 36.2 Å². The van der Waals surface area contributed by atoms with E-state index in [0.29, 0.717) is 0 Å². The predicted molar refractivity (Wildman–Crippen MR) is 89.4 cm³/mol. The van der Waals surface area contributed by atoms with Crippen LogP contribution in [0.3, 0.4) is 0 Å². The molecule has 2 aromatic carbocycles. The number of halogens is 1. The highest BCUT2D eigenvalue weighted by Crippen LogP contribution is 2.34. The Balaban J connectivity index is 2.29. The van der Waals surface area contributed by atoms with Gasteiger partial charge in [-0.15, -0.1) is 0 Å². The van der Waals surface area contributed by atoms with Gasteiger partial charge in [-0.1, -0.05) is 56.6 Å². The number of hydrogen-bond donors (Lipinski definition) is 1. The Bertz CT molecular complexity index is 617. The summed E-state index contributed by atoms with van der Waals surface area (Å²) in [4.78, 5) is 0. The topological polar surface area (TPSA) is 21.3 Å². The molecule has 21 heavy (non-hydrogen) atoms. The first-order valence-corrected chi connectivity index (χ1v) is 7.50. The molecule has 0 aliphatic rings. The van der Waals surface area contributed by atoms with Gasteiger partial charge in [0.1, 0.15) is 11.5 Å². The van der Waals surface area contributed by atoms with Crippen LogP contribution in [0.1, 0.15) is 31.9 Å². The minimum Gasteiger partial charge on any atom is -0.457 e. The highest BCUT2D eigenvalue weighted by atomic mass is 35.5. The third-order valence-corrected chi connectivity index (χ3v) is 3.67. The molecule has 0 heterocycles. The summed E-state index contributed by atoms with van der Waals surface area (Å²) in [5.74, 6) is 1.64. The van der Waals surface area contributed by atoms with Crippen molar-refractivity contribution in [2.45, 2.75) is 32.7 Å². The molecule has 0 saturated heterocycles. The van der Waals surface area contributed by atoms with Gasteiger partial charge in [0.25, 0.3) is 0 Å². The lowest BCUT2D eigenvalue weighted by atomic mass is 9.86. The van der Waals surface area contributed by atoms with Crippen LogP contribution in [0.15, 0.2) is 42.5 Å². The third kappa shape index (κ3) is 3.99. The molecule has 0 aliphatic heterocycles. The SMILES string of the molecule is CNCc1ccc(Oc2ccccc2C(C)(C)C)cc1Cl. The van der Waals surface area contributed by atoms with Crippen molar-refractivity contribution in [3.05, 3.63) is 58.6 Å². The fraction of sp³-hybridized carbons (Fsp3) is 0.333. The fourth-order valence-electron chi connectivity index (χ4n) is 2.23. The molecule has 0 fully saturated rings. The zero-order valence-corrected chi connectivity index (χ0v) is 13.8. The summed E-state index contributed by atoms with van der Waals surface area (Å²) < 4.78 is 6.05. The molecule has 2 nitrogen and oxygen atoms in total. The van der Waals surface area contributed by atoms with Crippen LogP contribution in [0.5, 0.6) is 11.5 Å². The van der Waals surface area contributed by atoms with E-state index in [4.69, 9.17) is 16.3 Å². The van der Waals surface area contributed by atoms with Crippen LogP contribution in [0.4, 0.5) is 0 Å². The molecule has 0 radical (unpaired) electrons. The number of nitrogens with one attached hydrogen (secondary N) is 1. The number of hydrogen-bond acceptors (Lipinski definition) is 2. The number of ether oxygens (including phenoxy) is 1. The lowest BCUT2D eigenvalue weighted by Crippen LogP contribution is -2.12. The molecule has 2 rings (SSSR count). The van der Waals surface area contributed by atoms with Crippen LogP contribution in [0, 0.1) is 0 Å². The molecular weight excluding hydrogens is 282 g/mol. The van der Waals surface area contributed by atoms with E-state index in [1.165, 1.54) is 5.56 Å². The summed E-state index contributed by atoms with van der Waals surface area (Å²) in [6.45, 7) is 7.28. The van der Waals surface area contributed by atoms with Gasteiger partial charge in [-0.3, -0.25) is 0 Å². The molecule has 0 unspecified atom stereocenters. The van der Waals surface area contributed by atoms with Crippen LogP contribution in [-0.4, -0.2) is 7.05 Å². The Labute approximate surface area is 132 Å². The van der Waals surface area contributed by atoms with Crippen molar-refractivity contribution >= 4 is 11.6 Å². The molecule has 0 aromatic heterocycles. The maximum atomic E-state index is 6.28. The highest BCUT2D eigenvalue weighted by Gasteiger charge is 2.18. The second kappa shape index (κ2) is 6.50. The van der Waals surface area contributed by atoms with Gasteiger partial charge < -0.3 is 10.1 Å². The summed E-state index contributed by atoms with van der Waals surface area (Å²) >= 11 is 6.28. The molecule has 3 heteroatoms. The van der Waals surface area contributed by atoms with Gasteiger partial charge in [0, 0.05) is 17.1 Å². The van der Waals surface area contributed by atoms with E-state index in [1.54, 1.807) is 0 Å². The standard InChI is InChI=1S/C18H22ClNO/c1-18(2,3)15-7-5-6-8-17(15)21-14-10-9-13(12-20-4)16(19)11-14/h5-11,20H,12H2,1-4H3. The summed E-state index contributed by atoms with van der Waals surface area (Å²) in [5, 5.41) is 3.82. The van der Waals surface area contributed by atoms with Gasteiger partial charge in [0.2, 0.25) is 0 Å². The maximum absolute atomic E-state index is 6.28. The van der Waals surface area contributed by atoms with E-state index in [9.17, 15) is 0 Å². The molecule has 0 spiro atoms. The van der Waals surface area contributed by atoms with Gasteiger partial charge in [0.15, 0.2) is 0 Å². The van der Waals surface area contributed by atoms with Crippen molar-refractivity contribution in [3.8, 4) is 11.5 Å². The van der Waals surface area contributed by atoms with E-state index in [2.05, 4.69) is 32.2 Å². The largest absolute Gasteiger partial charge is 0.457 e. The van der Waals surface area contributed by atoms with E-state index in [0.717, 1.165) is 28.6 Å². The fourth-order valence-corrected chi connectivity index (χ4v) is 2.46. The molecule has 112 valence electrons. The molecule has 0 saturated carbocycles. The summed E-state index contributed by atoms with van der Waals surface area (Å²) in [7, 11) is 1.90. The van der Waals surface area contributed by atoms with Crippen molar-refractivity contribution in [2.24, 2.45) is 0 Å². The van der Waals surface area contributed by atoms with E-state index in [-0.39, 0.29) is 5.41 Å². The molecule has 0 aliphatic carbocycles. The number of benzene rings is 2. The second-order valence-electron chi connectivity index (χ2n) is 6.13. The predicted octanol–water partition coefficient (Wildman–Crippen LogP) is 5.15. The van der Waals surface area contributed by atoms with E-state index < -0.39 is 0 Å². The van der Waals surface area contributed by atoms with Gasteiger partial charge in [0.05, 0.1) is 0 Å². The Kier molecular flexibility index (Phi) is 4.92. The minimum atomic E-state index is 0.0342. The van der Waals surface area contributed by atoms with E-state index in [1.807, 2.05) is 43.4 Å². The lowest BCUT2D eigenvalue weighted by Gasteiger charge is -2.22. The average molecular weight is 304 g/mol. The minimum absolute atomic E-state index is 0.0342. The van der Waals surface area contributed by atoms with Gasteiger partial charge in [-0.2, -0.15) is 0 Å². The molecule has 0 atom stereocenters. The van der Waals surface area contributed by atoms with Crippen LogP contribution in [-0.2, 0) is 12.0 Å². The van der Waals surface area contributed by atoms with Crippen molar-refractivity contribution in [3.63, 3.8) is 0 Å². The van der Waals surface area contributed by atoms with Crippen molar-refractivity contribution in [1.29, 1.82) is 0 Å².